The average Bonchev–Trinajstić information content (AvgIpc) is 3.27. The number of unbranched alkanes of at least 4 members (excludes halogenated alkanes) is 10. The fraction of sp³-hybridized carbons (Fsp3) is 0.889. The number of rotatable bonds is 16. The van der Waals surface area contributed by atoms with Crippen LogP contribution in [0.1, 0.15) is 180 Å². The first kappa shape index (κ1) is 45.9. The van der Waals surface area contributed by atoms with Crippen molar-refractivity contribution in [2.24, 2.45) is 11.5 Å². The third kappa shape index (κ3) is 43.9. The minimum atomic E-state index is -0.714. The van der Waals surface area contributed by atoms with Gasteiger partial charge in [0.25, 0.3) is 0 Å². The number of carboxylic acids is 2. The number of hydrogen-bond acceptors (Lipinski definition) is 6. The minimum absolute atomic E-state index is 0.225. The smallest absolute Gasteiger partial charge is 0.303 e. The highest BCUT2D eigenvalue weighted by Crippen LogP contribution is 2.12. The third-order valence-electron chi connectivity index (χ3n) is 8.00. The molecule has 0 unspecified atom stereocenters. The van der Waals surface area contributed by atoms with Gasteiger partial charge in [-0.05, 0) is 64.5 Å². The van der Waals surface area contributed by atoms with E-state index in [2.05, 4.69) is 10.6 Å². The molecule has 2 aliphatic rings. The Morgan fingerprint density at radius 3 is 1.09 bits per heavy atom. The second-order valence-corrected chi connectivity index (χ2v) is 12.6. The zero-order chi connectivity index (χ0) is 34.4. The van der Waals surface area contributed by atoms with Crippen LogP contribution in [0.2, 0.25) is 0 Å². The van der Waals surface area contributed by atoms with Crippen LogP contribution in [-0.2, 0) is 19.2 Å². The highest BCUT2D eigenvalue weighted by molar-refractivity contribution is 5.76. The van der Waals surface area contributed by atoms with Crippen LogP contribution in [0.3, 0.4) is 0 Å². The van der Waals surface area contributed by atoms with Crippen molar-refractivity contribution in [3.05, 3.63) is 0 Å². The summed E-state index contributed by atoms with van der Waals surface area (Å²) in [4.78, 5) is 42.3. The Morgan fingerprint density at radius 1 is 0.457 bits per heavy atom. The summed E-state index contributed by atoms with van der Waals surface area (Å²) in [5, 5.41) is 22.6. The van der Waals surface area contributed by atoms with E-state index in [4.69, 9.17) is 21.7 Å². The minimum Gasteiger partial charge on any atom is -0.481 e. The van der Waals surface area contributed by atoms with E-state index in [9.17, 15) is 19.2 Å². The molecule has 46 heavy (non-hydrogen) atoms. The maximum absolute atomic E-state index is 11.3. The van der Waals surface area contributed by atoms with Gasteiger partial charge in [-0.3, -0.25) is 19.2 Å². The van der Waals surface area contributed by atoms with E-state index in [-0.39, 0.29) is 24.7 Å². The van der Waals surface area contributed by atoms with Gasteiger partial charge in [0, 0.05) is 38.8 Å². The van der Waals surface area contributed by atoms with Crippen LogP contribution in [0.25, 0.3) is 0 Å². The summed E-state index contributed by atoms with van der Waals surface area (Å²) >= 11 is 0. The predicted octanol–water partition coefficient (Wildman–Crippen LogP) is 7.21. The first-order chi connectivity index (χ1) is 22.3. The van der Waals surface area contributed by atoms with Gasteiger partial charge in [-0.25, -0.2) is 0 Å². The molecule has 272 valence electrons. The lowest BCUT2D eigenvalue weighted by Crippen LogP contribution is -2.23. The van der Waals surface area contributed by atoms with Crippen LogP contribution in [0.15, 0.2) is 0 Å². The summed E-state index contributed by atoms with van der Waals surface area (Å²) < 4.78 is 0. The Bertz CT molecular complexity index is 654. The number of carbonyl (C=O) groups is 4. The van der Waals surface area contributed by atoms with E-state index in [1.807, 2.05) is 0 Å². The fourth-order valence-electron chi connectivity index (χ4n) is 5.12. The van der Waals surface area contributed by atoms with Gasteiger partial charge < -0.3 is 32.3 Å². The van der Waals surface area contributed by atoms with E-state index in [1.54, 1.807) is 0 Å². The molecule has 0 aliphatic carbocycles. The largest absolute Gasteiger partial charge is 0.481 e. The molecule has 0 aromatic heterocycles. The molecule has 0 aromatic rings. The first-order valence-corrected chi connectivity index (χ1v) is 18.7. The van der Waals surface area contributed by atoms with E-state index in [0.29, 0.717) is 0 Å². The normalized spacial score (nSPS) is 16.0. The molecule has 10 nitrogen and oxygen atoms in total. The molecule has 0 radical (unpaired) electrons. The summed E-state index contributed by atoms with van der Waals surface area (Å²) in [6, 6.07) is 0. The van der Waals surface area contributed by atoms with Crippen LogP contribution >= 0.6 is 0 Å². The summed E-state index contributed by atoms with van der Waals surface area (Å²) in [6.45, 7) is 3.42. The molecule has 2 amide bonds. The number of carbonyl (C=O) groups excluding carboxylic acids is 2. The lowest BCUT2D eigenvalue weighted by Gasteiger charge is -2.03. The Hall–Kier alpha value is -2.20. The number of amides is 2. The van der Waals surface area contributed by atoms with Gasteiger partial charge in [0.15, 0.2) is 0 Å². The van der Waals surface area contributed by atoms with E-state index in [0.717, 1.165) is 129 Å². The average molecular weight is 657 g/mol. The molecule has 2 rings (SSSR count). The molecule has 2 aliphatic heterocycles. The molecule has 2 heterocycles. The maximum atomic E-state index is 11.3. The van der Waals surface area contributed by atoms with Gasteiger partial charge in [-0.1, -0.05) is 103 Å². The number of aliphatic carboxylic acids is 2. The zero-order valence-corrected chi connectivity index (χ0v) is 29.3. The Balaban J connectivity index is 0. The molecule has 0 aromatic carbocycles. The molecule has 2 fully saturated rings. The summed E-state index contributed by atoms with van der Waals surface area (Å²) in [7, 11) is 0. The standard InChI is InChI=1S/C12H23NO.C12H22O4.C6H16N2.C6H11NO/c14-12-10-8-6-4-2-1-3-5-7-9-11-13-12;13-11(14)9-7-5-3-1-2-4-6-8-10-12(15)16;7-5-3-1-2-4-6-8;8-6-4-2-1-3-5-7-6/h1-11H2,(H,13,14);1-10H2,(H,13,14)(H,15,16);1-8H2;1-5H2,(H,7,8). The van der Waals surface area contributed by atoms with Gasteiger partial charge in [-0.2, -0.15) is 0 Å². The van der Waals surface area contributed by atoms with Crippen molar-refractivity contribution in [3.8, 4) is 0 Å². The fourth-order valence-corrected chi connectivity index (χ4v) is 5.12. The second kappa shape index (κ2) is 39.0. The Kier molecular flexibility index (Phi) is 38.9. The molecular formula is C36H72N4O6. The monoisotopic (exact) mass is 657 g/mol. The van der Waals surface area contributed by atoms with Gasteiger partial charge in [-0.15, -0.1) is 0 Å². The molecule has 0 spiro atoms. The van der Waals surface area contributed by atoms with E-state index < -0.39 is 11.9 Å². The Morgan fingerprint density at radius 2 is 0.739 bits per heavy atom. The number of carboxylic acid groups (broad SMARTS) is 2. The van der Waals surface area contributed by atoms with Crippen molar-refractivity contribution in [1.29, 1.82) is 0 Å². The number of nitrogens with two attached hydrogens (primary N) is 2. The second-order valence-electron chi connectivity index (χ2n) is 12.6. The summed E-state index contributed by atoms with van der Waals surface area (Å²) in [5.41, 5.74) is 10.6. The van der Waals surface area contributed by atoms with E-state index >= 15 is 0 Å². The van der Waals surface area contributed by atoms with Crippen LogP contribution in [-0.4, -0.2) is 60.1 Å². The summed E-state index contributed by atoms with van der Waals surface area (Å²) in [6.07, 6.45) is 29.8. The highest BCUT2D eigenvalue weighted by atomic mass is 16.4. The SMILES string of the molecule is NCCCCCCN.O=C(O)CCCCCCCCCCC(=O)O.O=C1CCCCCCCCCCCN1.O=C1CCCCCN1. The molecular weight excluding hydrogens is 584 g/mol. The Labute approximate surface area is 281 Å². The van der Waals surface area contributed by atoms with Crippen LogP contribution in [0.4, 0.5) is 0 Å². The first-order valence-electron chi connectivity index (χ1n) is 18.7. The highest BCUT2D eigenvalue weighted by Gasteiger charge is 2.04. The molecule has 0 saturated carbocycles. The quantitative estimate of drug-likeness (QED) is 0.0941. The van der Waals surface area contributed by atoms with Gasteiger partial charge in [0.05, 0.1) is 0 Å². The predicted molar refractivity (Wildman–Crippen MR) is 189 cm³/mol. The third-order valence-corrected chi connectivity index (χ3v) is 8.00. The van der Waals surface area contributed by atoms with Crippen molar-refractivity contribution < 1.29 is 29.4 Å². The molecule has 0 atom stereocenters. The van der Waals surface area contributed by atoms with Gasteiger partial charge >= 0.3 is 11.9 Å². The van der Waals surface area contributed by atoms with Crippen LogP contribution in [0, 0.1) is 0 Å². The molecule has 10 heteroatoms. The van der Waals surface area contributed by atoms with E-state index in [1.165, 1.54) is 64.2 Å². The maximum Gasteiger partial charge on any atom is 0.303 e. The number of hydrogen-bond donors (Lipinski definition) is 6. The van der Waals surface area contributed by atoms with Crippen LogP contribution in [0.5, 0.6) is 0 Å². The van der Waals surface area contributed by atoms with Crippen molar-refractivity contribution in [1.82, 2.24) is 10.6 Å². The lowest BCUT2D eigenvalue weighted by molar-refractivity contribution is -0.138. The molecule has 8 N–H and O–H groups in total. The van der Waals surface area contributed by atoms with Gasteiger partial charge in [0.1, 0.15) is 0 Å². The van der Waals surface area contributed by atoms with Crippen molar-refractivity contribution >= 4 is 23.8 Å². The number of nitrogens with one attached hydrogen (secondary N) is 2. The zero-order valence-electron chi connectivity index (χ0n) is 29.3. The topological polar surface area (TPSA) is 185 Å². The van der Waals surface area contributed by atoms with Crippen molar-refractivity contribution in [2.75, 3.05) is 26.2 Å². The van der Waals surface area contributed by atoms with Gasteiger partial charge in [0.2, 0.25) is 11.8 Å². The molecule has 0 bridgehead atoms. The molecule has 2 saturated heterocycles. The van der Waals surface area contributed by atoms with Crippen LogP contribution < -0.4 is 22.1 Å². The van der Waals surface area contributed by atoms with Crippen molar-refractivity contribution in [2.45, 2.75) is 180 Å². The van der Waals surface area contributed by atoms with Crippen molar-refractivity contribution in [3.63, 3.8) is 0 Å². The summed E-state index contributed by atoms with van der Waals surface area (Å²) in [5.74, 6) is -0.950. The lowest BCUT2D eigenvalue weighted by atomic mass is 10.1.